The number of aromatic nitrogens is 3. The number of fused-ring (bicyclic) bond motifs is 1. The van der Waals surface area contributed by atoms with Crippen LogP contribution in [0.3, 0.4) is 0 Å². The fraction of sp³-hybridized carbons (Fsp3) is 0.375. The summed E-state index contributed by atoms with van der Waals surface area (Å²) in [6.07, 6.45) is 1.67. The smallest absolute Gasteiger partial charge is 0.350 e. The van der Waals surface area contributed by atoms with Crippen molar-refractivity contribution in [3.63, 3.8) is 0 Å². The number of nitrogens with zero attached hydrogens (tertiary/aromatic N) is 4. The molecule has 3 aromatic rings. The second-order valence-electron chi connectivity index (χ2n) is 8.39. The molecule has 1 fully saturated rings. The van der Waals surface area contributed by atoms with Crippen molar-refractivity contribution in [2.24, 2.45) is 7.05 Å². The molecule has 1 aromatic heterocycles. The van der Waals surface area contributed by atoms with E-state index in [1.807, 2.05) is 42.5 Å². The van der Waals surface area contributed by atoms with Crippen molar-refractivity contribution in [1.29, 1.82) is 0 Å². The van der Waals surface area contributed by atoms with Gasteiger partial charge in [-0.1, -0.05) is 18.2 Å². The van der Waals surface area contributed by atoms with Gasteiger partial charge in [-0.15, -0.1) is 0 Å². The number of benzene rings is 2. The van der Waals surface area contributed by atoms with Gasteiger partial charge in [0.1, 0.15) is 19.0 Å². The van der Waals surface area contributed by atoms with Crippen LogP contribution in [0.25, 0.3) is 5.69 Å². The van der Waals surface area contributed by atoms with Gasteiger partial charge in [0.15, 0.2) is 11.5 Å². The number of hydrogen-bond acceptors (Lipinski definition) is 6. The van der Waals surface area contributed by atoms with Crippen LogP contribution in [0.15, 0.2) is 53.3 Å². The lowest BCUT2D eigenvalue weighted by Crippen LogP contribution is -2.39. The highest BCUT2D eigenvalue weighted by molar-refractivity contribution is 5.92. The monoisotopic (exact) mass is 449 g/mol. The maximum absolute atomic E-state index is 12.7. The first-order valence-electron chi connectivity index (χ1n) is 11.2. The molecule has 1 N–H and O–H groups in total. The van der Waals surface area contributed by atoms with E-state index < -0.39 is 0 Å². The van der Waals surface area contributed by atoms with Crippen LogP contribution >= 0.6 is 0 Å². The fourth-order valence-corrected chi connectivity index (χ4v) is 4.44. The summed E-state index contributed by atoms with van der Waals surface area (Å²) in [5.74, 6) is 2.24. The fourth-order valence-electron chi connectivity index (χ4n) is 4.44. The zero-order valence-electron chi connectivity index (χ0n) is 18.6. The number of ether oxygens (including phenoxy) is 2. The molecule has 3 heterocycles. The van der Waals surface area contributed by atoms with E-state index >= 15 is 0 Å². The molecule has 0 bridgehead atoms. The van der Waals surface area contributed by atoms with E-state index in [2.05, 4.69) is 15.3 Å². The zero-order chi connectivity index (χ0) is 22.8. The number of rotatable bonds is 5. The molecule has 2 aliphatic heterocycles. The Kier molecular flexibility index (Phi) is 5.87. The normalized spacial score (nSPS) is 16.5. The number of carbonyl (C=O) groups is 1. The maximum Gasteiger partial charge on any atom is 0.350 e. The quantitative estimate of drug-likeness (QED) is 0.642. The molecule has 1 saturated heterocycles. The summed E-state index contributed by atoms with van der Waals surface area (Å²) in [6.45, 7) is 2.88. The van der Waals surface area contributed by atoms with E-state index in [1.54, 1.807) is 17.7 Å². The van der Waals surface area contributed by atoms with Crippen LogP contribution in [0.1, 0.15) is 24.6 Å². The van der Waals surface area contributed by atoms with Gasteiger partial charge in [-0.3, -0.25) is 9.69 Å². The highest BCUT2D eigenvalue weighted by Crippen LogP contribution is 2.32. The Morgan fingerprint density at radius 3 is 2.55 bits per heavy atom. The summed E-state index contributed by atoms with van der Waals surface area (Å²) < 4.78 is 14.2. The zero-order valence-corrected chi connectivity index (χ0v) is 18.6. The molecule has 2 aliphatic rings. The second-order valence-corrected chi connectivity index (χ2v) is 8.39. The lowest BCUT2D eigenvalue weighted by Gasteiger charge is -2.31. The molecule has 0 unspecified atom stereocenters. The Hall–Kier alpha value is -3.59. The van der Waals surface area contributed by atoms with Gasteiger partial charge in [0.25, 0.3) is 0 Å². The van der Waals surface area contributed by atoms with E-state index in [1.165, 1.54) is 4.68 Å². The lowest BCUT2D eigenvalue weighted by molar-refractivity contribution is -0.117. The molecular formula is C24H27N5O4. The van der Waals surface area contributed by atoms with Crippen molar-refractivity contribution >= 4 is 11.6 Å². The summed E-state index contributed by atoms with van der Waals surface area (Å²) >= 11 is 0. The Bertz CT molecular complexity index is 1200. The van der Waals surface area contributed by atoms with Gasteiger partial charge in [-0.25, -0.2) is 14.0 Å². The van der Waals surface area contributed by atoms with Crippen molar-refractivity contribution in [2.75, 3.05) is 38.2 Å². The number of nitrogens with one attached hydrogen (secondary N) is 1. The number of amides is 1. The Morgan fingerprint density at radius 1 is 1.06 bits per heavy atom. The number of carbonyl (C=O) groups excluding carboxylic acids is 1. The van der Waals surface area contributed by atoms with Crippen LogP contribution in [-0.4, -0.2) is 58.0 Å². The third kappa shape index (κ3) is 4.49. The first-order chi connectivity index (χ1) is 16.1. The highest BCUT2D eigenvalue weighted by atomic mass is 16.6. The molecule has 0 saturated carbocycles. The van der Waals surface area contributed by atoms with Crippen molar-refractivity contribution in [3.05, 3.63) is 64.8 Å². The van der Waals surface area contributed by atoms with Gasteiger partial charge < -0.3 is 14.8 Å². The van der Waals surface area contributed by atoms with Crippen molar-refractivity contribution in [3.8, 4) is 17.2 Å². The first kappa shape index (κ1) is 21.3. The number of aryl methyl sites for hydroxylation is 1. The number of anilines is 1. The van der Waals surface area contributed by atoms with E-state index in [-0.39, 0.29) is 17.5 Å². The minimum Gasteiger partial charge on any atom is -0.486 e. The van der Waals surface area contributed by atoms with Gasteiger partial charge in [0, 0.05) is 24.7 Å². The molecule has 33 heavy (non-hydrogen) atoms. The Balaban J connectivity index is 1.20. The maximum atomic E-state index is 12.7. The molecule has 0 spiro atoms. The number of piperidine rings is 1. The predicted molar refractivity (Wildman–Crippen MR) is 123 cm³/mol. The van der Waals surface area contributed by atoms with E-state index in [0.29, 0.717) is 36.9 Å². The van der Waals surface area contributed by atoms with E-state index in [0.717, 1.165) is 37.4 Å². The van der Waals surface area contributed by atoms with Gasteiger partial charge in [0.2, 0.25) is 5.91 Å². The molecule has 5 rings (SSSR count). The molecule has 9 heteroatoms. The third-order valence-corrected chi connectivity index (χ3v) is 6.11. The number of hydrogen-bond donors (Lipinski definition) is 1. The first-order valence-corrected chi connectivity index (χ1v) is 11.2. The standard InChI is InChI=1S/C24H27N5O4/c1-27-24(31)29(19-5-3-2-4-6-19)23(26-27)17-9-11-28(12-10-17)16-22(30)25-18-7-8-20-21(15-18)33-14-13-32-20/h2-8,15,17H,9-14,16H2,1H3,(H,25,30). The van der Waals surface area contributed by atoms with Crippen LogP contribution in [0.4, 0.5) is 5.69 Å². The molecular weight excluding hydrogens is 422 g/mol. The Morgan fingerprint density at radius 2 is 1.79 bits per heavy atom. The average Bonchev–Trinajstić information content (AvgIpc) is 3.14. The van der Waals surface area contributed by atoms with Crippen molar-refractivity contribution < 1.29 is 14.3 Å². The van der Waals surface area contributed by atoms with Crippen LogP contribution in [0.5, 0.6) is 11.5 Å². The van der Waals surface area contributed by atoms with Crippen molar-refractivity contribution in [2.45, 2.75) is 18.8 Å². The SMILES string of the molecule is Cn1nc(C2CCN(CC(=O)Nc3ccc4c(c3)OCCO4)CC2)n(-c2ccccc2)c1=O. The minimum atomic E-state index is -0.141. The molecule has 2 aromatic carbocycles. The topological polar surface area (TPSA) is 90.6 Å². The van der Waals surface area contributed by atoms with Gasteiger partial charge in [0.05, 0.1) is 12.2 Å². The summed E-state index contributed by atoms with van der Waals surface area (Å²) in [7, 11) is 1.68. The van der Waals surface area contributed by atoms with Crippen molar-refractivity contribution in [1.82, 2.24) is 19.2 Å². The summed E-state index contributed by atoms with van der Waals surface area (Å²) in [5, 5.41) is 7.48. The van der Waals surface area contributed by atoms with Crippen LogP contribution < -0.4 is 20.5 Å². The van der Waals surface area contributed by atoms with Crippen LogP contribution in [0.2, 0.25) is 0 Å². The minimum absolute atomic E-state index is 0.0656. The number of likely N-dealkylation sites (tertiary alicyclic amines) is 1. The predicted octanol–water partition coefficient (Wildman–Crippen LogP) is 2.16. The van der Waals surface area contributed by atoms with Crippen LogP contribution in [0, 0.1) is 0 Å². The molecule has 0 atom stereocenters. The average molecular weight is 450 g/mol. The molecule has 0 aliphatic carbocycles. The van der Waals surface area contributed by atoms with E-state index in [9.17, 15) is 9.59 Å². The van der Waals surface area contributed by atoms with Crippen LogP contribution in [-0.2, 0) is 11.8 Å². The van der Waals surface area contributed by atoms with Gasteiger partial charge in [-0.05, 0) is 50.2 Å². The third-order valence-electron chi connectivity index (χ3n) is 6.11. The summed E-state index contributed by atoms with van der Waals surface area (Å²) in [6, 6.07) is 15.0. The second kappa shape index (κ2) is 9.11. The summed E-state index contributed by atoms with van der Waals surface area (Å²) in [5.41, 5.74) is 1.38. The number of para-hydroxylation sites is 1. The Labute approximate surface area is 191 Å². The van der Waals surface area contributed by atoms with Gasteiger partial charge >= 0.3 is 5.69 Å². The largest absolute Gasteiger partial charge is 0.486 e. The lowest BCUT2D eigenvalue weighted by atomic mass is 9.95. The molecule has 172 valence electrons. The van der Waals surface area contributed by atoms with Gasteiger partial charge in [-0.2, -0.15) is 5.10 Å². The molecule has 0 radical (unpaired) electrons. The molecule has 9 nitrogen and oxygen atoms in total. The molecule has 1 amide bonds. The highest BCUT2D eigenvalue weighted by Gasteiger charge is 2.27. The summed E-state index contributed by atoms with van der Waals surface area (Å²) in [4.78, 5) is 27.4. The van der Waals surface area contributed by atoms with E-state index in [4.69, 9.17) is 9.47 Å².